The third-order valence-corrected chi connectivity index (χ3v) is 4.64. The molecule has 25 heavy (non-hydrogen) atoms. The summed E-state index contributed by atoms with van der Waals surface area (Å²) in [5.74, 6) is 2.50. The summed E-state index contributed by atoms with van der Waals surface area (Å²) in [6.07, 6.45) is 0. The number of thioether (sulfide) groups is 1. The molecule has 0 spiro atoms. The molecule has 128 valence electrons. The number of hydrogen-bond donors (Lipinski definition) is 1. The molecular weight excluding hydrogens is 338 g/mol. The van der Waals surface area contributed by atoms with Crippen molar-refractivity contribution in [2.75, 3.05) is 19.1 Å². The number of para-hydroxylation sites is 1. The van der Waals surface area contributed by atoms with Crippen LogP contribution in [0, 0.1) is 0 Å². The van der Waals surface area contributed by atoms with Gasteiger partial charge in [-0.1, -0.05) is 36.0 Å². The summed E-state index contributed by atoms with van der Waals surface area (Å²) in [6.45, 7) is 1.93. The maximum atomic E-state index is 5.39. The number of fused-ring (bicyclic) bond motifs is 1. The number of nitrogens with zero attached hydrogens (tertiary/aromatic N) is 4. The highest BCUT2D eigenvalue weighted by Gasteiger charge is 2.13. The first-order valence-electron chi connectivity index (χ1n) is 7.96. The molecule has 1 aromatic heterocycles. The average molecular weight is 355 g/mol. The van der Waals surface area contributed by atoms with Gasteiger partial charge in [0.05, 0.1) is 5.69 Å². The molecule has 0 amide bonds. The Labute approximate surface area is 149 Å². The van der Waals surface area contributed by atoms with Crippen molar-refractivity contribution in [3.63, 3.8) is 0 Å². The minimum Gasteiger partial charge on any atom is -0.454 e. The summed E-state index contributed by atoms with van der Waals surface area (Å²) < 4.78 is 12.5. The molecular formula is C17H17N5O2S. The predicted molar refractivity (Wildman–Crippen MR) is 94.1 cm³/mol. The van der Waals surface area contributed by atoms with E-state index in [-0.39, 0.29) is 0 Å². The first kappa shape index (κ1) is 15.9. The molecule has 0 atom stereocenters. The Morgan fingerprint density at radius 2 is 1.96 bits per heavy atom. The lowest BCUT2D eigenvalue weighted by atomic mass is 10.2. The number of aromatic nitrogens is 4. The number of ether oxygens (including phenoxy) is 2. The summed E-state index contributed by atoms with van der Waals surface area (Å²) in [5.41, 5.74) is 2.13. The van der Waals surface area contributed by atoms with Gasteiger partial charge in [0.2, 0.25) is 11.9 Å². The highest BCUT2D eigenvalue weighted by molar-refractivity contribution is 7.99. The van der Waals surface area contributed by atoms with Crippen molar-refractivity contribution in [2.45, 2.75) is 11.7 Å². The Hall–Kier alpha value is -2.58. The number of nitrogens with one attached hydrogen (secondary N) is 1. The van der Waals surface area contributed by atoms with E-state index in [2.05, 4.69) is 20.8 Å². The normalized spacial score (nSPS) is 12.5. The summed E-state index contributed by atoms with van der Waals surface area (Å²) >= 11 is 1.62. The van der Waals surface area contributed by atoms with E-state index in [4.69, 9.17) is 9.47 Å². The summed E-state index contributed by atoms with van der Waals surface area (Å²) in [7, 11) is 0. The van der Waals surface area contributed by atoms with Crippen molar-refractivity contribution in [3.8, 4) is 17.2 Å². The molecule has 2 heterocycles. The second-order valence-electron chi connectivity index (χ2n) is 5.42. The Morgan fingerprint density at radius 1 is 1.08 bits per heavy atom. The fourth-order valence-electron chi connectivity index (χ4n) is 2.50. The average Bonchev–Trinajstić information content (AvgIpc) is 3.31. The third-order valence-electron chi connectivity index (χ3n) is 3.72. The highest BCUT2D eigenvalue weighted by Crippen LogP contribution is 2.32. The van der Waals surface area contributed by atoms with Gasteiger partial charge in [0, 0.05) is 18.8 Å². The van der Waals surface area contributed by atoms with Crippen molar-refractivity contribution in [1.82, 2.24) is 25.5 Å². The quantitative estimate of drug-likeness (QED) is 0.515. The highest BCUT2D eigenvalue weighted by atomic mass is 32.2. The molecule has 0 saturated heterocycles. The standard InChI is InChI=1S/C17H17N5O2S/c1-2-4-14(5-3-1)22-17(19-20-21-22)25-9-8-18-11-13-6-7-15-16(10-13)24-12-23-15/h1-7,10,18H,8-9,11-12H2. The van der Waals surface area contributed by atoms with Crippen molar-refractivity contribution < 1.29 is 9.47 Å². The van der Waals surface area contributed by atoms with Gasteiger partial charge in [-0.3, -0.25) is 0 Å². The van der Waals surface area contributed by atoms with Crippen LogP contribution >= 0.6 is 11.8 Å². The van der Waals surface area contributed by atoms with Crippen LogP contribution in [0.5, 0.6) is 11.5 Å². The van der Waals surface area contributed by atoms with Crippen LogP contribution in [0.1, 0.15) is 5.56 Å². The number of rotatable bonds is 7. The fourth-order valence-corrected chi connectivity index (χ4v) is 3.29. The van der Waals surface area contributed by atoms with Crippen molar-refractivity contribution in [2.24, 2.45) is 0 Å². The molecule has 3 aromatic rings. The molecule has 0 fully saturated rings. The molecule has 1 aliphatic heterocycles. The largest absolute Gasteiger partial charge is 0.454 e. The molecule has 2 aromatic carbocycles. The van der Waals surface area contributed by atoms with Crippen LogP contribution in [0.2, 0.25) is 0 Å². The lowest BCUT2D eigenvalue weighted by Gasteiger charge is -2.06. The smallest absolute Gasteiger partial charge is 0.231 e. The second-order valence-corrected chi connectivity index (χ2v) is 6.48. The molecule has 0 bridgehead atoms. The second kappa shape index (κ2) is 7.54. The molecule has 0 unspecified atom stereocenters. The summed E-state index contributed by atoms with van der Waals surface area (Å²) in [5, 5.41) is 16.1. The van der Waals surface area contributed by atoms with Gasteiger partial charge in [-0.25, -0.2) is 0 Å². The first-order valence-corrected chi connectivity index (χ1v) is 8.94. The van der Waals surface area contributed by atoms with Gasteiger partial charge in [0.15, 0.2) is 11.5 Å². The molecule has 1 N–H and O–H groups in total. The van der Waals surface area contributed by atoms with Gasteiger partial charge in [0.25, 0.3) is 0 Å². The van der Waals surface area contributed by atoms with E-state index < -0.39 is 0 Å². The van der Waals surface area contributed by atoms with E-state index in [1.807, 2.05) is 48.5 Å². The minimum absolute atomic E-state index is 0.305. The minimum atomic E-state index is 0.305. The van der Waals surface area contributed by atoms with E-state index in [1.165, 1.54) is 5.56 Å². The van der Waals surface area contributed by atoms with Crippen LogP contribution in [0.15, 0.2) is 53.7 Å². The Bertz CT molecular complexity index is 840. The lowest BCUT2D eigenvalue weighted by molar-refractivity contribution is 0.174. The molecule has 7 nitrogen and oxygen atoms in total. The first-order chi connectivity index (χ1) is 12.4. The van der Waals surface area contributed by atoms with Crippen molar-refractivity contribution in [1.29, 1.82) is 0 Å². The van der Waals surface area contributed by atoms with Gasteiger partial charge in [-0.2, -0.15) is 4.68 Å². The lowest BCUT2D eigenvalue weighted by Crippen LogP contribution is -2.16. The number of tetrazole rings is 1. The van der Waals surface area contributed by atoms with Crippen molar-refractivity contribution >= 4 is 11.8 Å². The van der Waals surface area contributed by atoms with Gasteiger partial charge in [0.1, 0.15) is 0 Å². The third kappa shape index (κ3) is 3.75. The predicted octanol–water partition coefficient (Wildman–Crippen LogP) is 2.27. The molecule has 0 saturated carbocycles. The van der Waals surface area contributed by atoms with E-state index in [0.717, 1.165) is 41.2 Å². The summed E-state index contributed by atoms with van der Waals surface area (Å²) in [4.78, 5) is 0. The van der Waals surface area contributed by atoms with E-state index >= 15 is 0 Å². The Morgan fingerprint density at radius 3 is 2.88 bits per heavy atom. The van der Waals surface area contributed by atoms with Crippen molar-refractivity contribution in [3.05, 3.63) is 54.1 Å². The Balaban J connectivity index is 1.26. The maximum absolute atomic E-state index is 5.39. The van der Waals surface area contributed by atoms with Gasteiger partial charge in [-0.15, -0.1) is 5.10 Å². The summed E-state index contributed by atoms with van der Waals surface area (Å²) in [6, 6.07) is 15.9. The van der Waals surface area contributed by atoms with Crippen LogP contribution in [0.3, 0.4) is 0 Å². The SMILES string of the molecule is c1ccc(-n2nnnc2SCCNCc2ccc3c(c2)OCO3)cc1. The van der Waals surface area contributed by atoms with E-state index in [1.54, 1.807) is 16.4 Å². The fraction of sp³-hybridized carbons (Fsp3) is 0.235. The number of hydrogen-bond acceptors (Lipinski definition) is 7. The van der Waals surface area contributed by atoms with Crippen LogP contribution in [0.25, 0.3) is 5.69 Å². The molecule has 0 radical (unpaired) electrons. The van der Waals surface area contributed by atoms with Crippen LogP contribution in [-0.4, -0.2) is 39.3 Å². The molecule has 1 aliphatic rings. The van der Waals surface area contributed by atoms with Crippen LogP contribution < -0.4 is 14.8 Å². The van der Waals surface area contributed by atoms with Gasteiger partial charge < -0.3 is 14.8 Å². The van der Waals surface area contributed by atoms with Crippen LogP contribution in [-0.2, 0) is 6.54 Å². The zero-order valence-corrected chi connectivity index (χ0v) is 14.3. The van der Waals surface area contributed by atoms with E-state index in [9.17, 15) is 0 Å². The zero-order valence-electron chi connectivity index (χ0n) is 13.5. The van der Waals surface area contributed by atoms with Gasteiger partial charge >= 0.3 is 0 Å². The monoisotopic (exact) mass is 355 g/mol. The Kier molecular flexibility index (Phi) is 4.80. The zero-order chi connectivity index (χ0) is 16.9. The van der Waals surface area contributed by atoms with Crippen LogP contribution in [0.4, 0.5) is 0 Å². The maximum Gasteiger partial charge on any atom is 0.231 e. The van der Waals surface area contributed by atoms with Gasteiger partial charge in [-0.05, 0) is 40.3 Å². The molecule has 4 rings (SSSR count). The topological polar surface area (TPSA) is 74.1 Å². The van der Waals surface area contributed by atoms with E-state index in [0.29, 0.717) is 6.79 Å². The number of benzene rings is 2. The molecule has 0 aliphatic carbocycles. The molecule has 8 heteroatoms.